The van der Waals surface area contributed by atoms with E-state index in [1.165, 1.54) is 6.33 Å². The summed E-state index contributed by atoms with van der Waals surface area (Å²) in [5.41, 5.74) is -0.283. The highest BCUT2D eigenvalue weighted by molar-refractivity contribution is 6.06. The minimum atomic E-state index is -0.406. The predicted octanol–water partition coefficient (Wildman–Crippen LogP) is 0.963. The summed E-state index contributed by atoms with van der Waals surface area (Å²) in [5, 5.41) is 11.9. The number of amides is 1. The Balaban J connectivity index is 2.28. The van der Waals surface area contributed by atoms with Crippen LogP contribution in [0.2, 0.25) is 0 Å². The molecular weight excluding hydrogens is 274 g/mol. The average Bonchev–Trinajstić information content (AvgIpc) is 2.74. The fourth-order valence-electron chi connectivity index (χ4n) is 2.13. The average molecular weight is 293 g/mol. The third-order valence-corrected chi connectivity index (χ3v) is 3.41. The lowest BCUT2D eigenvalue weighted by Crippen LogP contribution is -2.35. The van der Waals surface area contributed by atoms with E-state index in [0.717, 1.165) is 0 Å². The standard InChI is InChI=1S/C14H19N3O4/c1-8-9(10-12(20)16-7-17-13(10)21-8)11(19)15-6-14(2,3)4-5-18/h7,18H,4-6H2,1-3H3,(H,15,19)(H,16,17,20). The summed E-state index contributed by atoms with van der Waals surface area (Å²) in [5.74, 6) is -0.0255. The lowest BCUT2D eigenvalue weighted by molar-refractivity contribution is 0.0928. The number of hydrogen-bond donors (Lipinski definition) is 3. The number of furan rings is 1. The molecule has 3 N–H and O–H groups in total. The van der Waals surface area contributed by atoms with Gasteiger partial charge in [0.1, 0.15) is 11.1 Å². The first-order valence-corrected chi connectivity index (χ1v) is 6.71. The summed E-state index contributed by atoms with van der Waals surface area (Å²) >= 11 is 0. The van der Waals surface area contributed by atoms with E-state index in [1.807, 2.05) is 13.8 Å². The number of rotatable bonds is 5. The fourth-order valence-corrected chi connectivity index (χ4v) is 2.13. The summed E-state index contributed by atoms with van der Waals surface area (Å²) in [6.07, 6.45) is 1.81. The zero-order chi connectivity index (χ0) is 15.6. The van der Waals surface area contributed by atoms with Crippen LogP contribution in [0, 0.1) is 12.3 Å². The second-order valence-corrected chi connectivity index (χ2v) is 5.77. The number of nitrogens with one attached hydrogen (secondary N) is 2. The molecule has 21 heavy (non-hydrogen) atoms. The first-order chi connectivity index (χ1) is 9.85. The Hall–Kier alpha value is -2.15. The molecule has 0 aliphatic rings. The molecule has 0 aromatic carbocycles. The van der Waals surface area contributed by atoms with Gasteiger partial charge < -0.3 is 19.8 Å². The van der Waals surface area contributed by atoms with Crippen molar-refractivity contribution in [2.24, 2.45) is 5.41 Å². The van der Waals surface area contributed by atoms with Crippen molar-refractivity contribution < 1.29 is 14.3 Å². The number of aromatic amines is 1. The van der Waals surface area contributed by atoms with Crippen LogP contribution in [-0.4, -0.2) is 34.1 Å². The molecule has 7 nitrogen and oxygen atoms in total. The molecule has 7 heteroatoms. The molecule has 1 amide bonds. The van der Waals surface area contributed by atoms with Gasteiger partial charge >= 0.3 is 0 Å². The predicted molar refractivity (Wildman–Crippen MR) is 77.2 cm³/mol. The van der Waals surface area contributed by atoms with Gasteiger partial charge in [-0.05, 0) is 18.8 Å². The number of carbonyl (C=O) groups excluding carboxylic acids is 1. The van der Waals surface area contributed by atoms with Gasteiger partial charge in [-0.25, -0.2) is 4.98 Å². The highest BCUT2D eigenvalue weighted by Gasteiger charge is 2.24. The van der Waals surface area contributed by atoms with Gasteiger partial charge in [0.15, 0.2) is 0 Å². The molecule has 0 saturated heterocycles. The second-order valence-electron chi connectivity index (χ2n) is 5.77. The van der Waals surface area contributed by atoms with Crippen molar-refractivity contribution in [1.82, 2.24) is 15.3 Å². The Bertz CT molecular complexity index is 715. The number of aliphatic hydroxyl groups is 1. The molecule has 0 radical (unpaired) electrons. The minimum absolute atomic E-state index is 0.0557. The molecular formula is C14H19N3O4. The molecule has 0 atom stereocenters. The number of aryl methyl sites for hydroxylation is 1. The molecule has 0 aliphatic carbocycles. The zero-order valence-corrected chi connectivity index (χ0v) is 12.3. The van der Waals surface area contributed by atoms with Crippen LogP contribution in [0.1, 0.15) is 36.4 Å². The van der Waals surface area contributed by atoms with Crippen LogP contribution in [-0.2, 0) is 0 Å². The largest absolute Gasteiger partial charge is 0.442 e. The number of H-pyrrole nitrogens is 1. The summed E-state index contributed by atoms with van der Waals surface area (Å²) < 4.78 is 5.35. The highest BCUT2D eigenvalue weighted by atomic mass is 16.3. The molecule has 0 spiro atoms. The normalized spacial score (nSPS) is 11.8. The van der Waals surface area contributed by atoms with Crippen molar-refractivity contribution in [3.05, 3.63) is 28.0 Å². The van der Waals surface area contributed by atoms with Gasteiger partial charge in [-0.2, -0.15) is 0 Å². The van der Waals surface area contributed by atoms with Gasteiger partial charge in [-0.3, -0.25) is 9.59 Å². The van der Waals surface area contributed by atoms with Crippen molar-refractivity contribution in [3.8, 4) is 0 Å². The third kappa shape index (κ3) is 3.13. The zero-order valence-electron chi connectivity index (χ0n) is 12.3. The number of hydrogen-bond acceptors (Lipinski definition) is 5. The van der Waals surface area contributed by atoms with E-state index in [9.17, 15) is 9.59 Å². The molecule has 2 heterocycles. The Morgan fingerprint density at radius 2 is 2.24 bits per heavy atom. The summed E-state index contributed by atoms with van der Waals surface area (Å²) in [6.45, 7) is 5.95. The molecule has 2 rings (SSSR count). The molecule has 0 aliphatic heterocycles. The van der Waals surface area contributed by atoms with E-state index < -0.39 is 5.56 Å². The molecule has 114 valence electrons. The van der Waals surface area contributed by atoms with Crippen molar-refractivity contribution >= 4 is 17.0 Å². The van der Waals surface area contributed by atoms with E-state index in [4.69, 9.17) is 9.52 Å². The lowest BCUT2D eigenvalue weighted by atomic mass is 9.89. The van der Waals surface area contributed by atoms with E-state index in [2.05, 4.69) is 15.3 Å². The number of fused-ring (bicyclic) bond motifs is 1. The van der Waals surface area contributed by atoms with Crippen LogP contribution in [0.5, 0.6) is 0 Å². The summed E-state index contributed by atoms with van der Waals surface area (Å²) in [7, 11) is 0. The van der Waals surface area contributed by atoms with E-state index >= 15 is 0 Å². The van der Waals surface area contributed by atoms with Crippen LogP contribution in [0.25, 0.3) is 11.1 Å². The number of carbonyl (C=O) groups is 1. The Morgan fingerprint density at radius 1 is 1.52 bits per heavy atom. The maximum Gasteiger partial charge on any atom is 0.262 e. The maximum atomic E-state index is 12.3. The number of nitrogens with zero attached hydrogens (tertiary/aromatic N) is 1. The van der Waals surface area contributed by atoms with Gasteiger partial charge in [0.05, 0.1) is 11.9 Å². The smallest absolute Gasteiger partial charge is 0.262 e. The number of aromatic nitrogens is 2. The van der Waals surface area contributed by atoms with Gasteiger partial charge in [-0.15, -0.1) is 0 Å². The van der Waals surface area contributed by atoms with Gasteiger partial charge in [0.25, 0.3) is 11.5 Å². The number of aliphatic hydroxyl groups excluding tert-OH is 1. The summed E-state index contributed by atoms with van der Waals surface area (Å²) in [6, 6.07) is 0. The van der Waals surface area contributed by atoms with E-state index in [0.29, 0.717) is 18.7 Å². The molecule has 0 fully saturated rings. The Labute approximate surface area is 121 Å². The maximum absolute atomic E-state index is 12.3. The SMILES string of the molecule is Cc1oc2nc[nH]c(=O)c2c1C(=O)NCC(C)(C)CCO. The lowest BCUT2D eigenvalue weighted by Gasteiger charge is -2.23. The minimum Gasteiger partial charge on any atom is -0.442 e. The molecule has 0 saturated carbocycles. The topological polar surface area (TPSA) is 108 Å². The first kappa shape index (κ1) is 15.2. The van der Waals surface area contributed by atoms with Crippen LogP contribution >= 0.6 is 0 Å². The Kier molecular flexibility index (Phi) is 4.13. The van der Waals surface area contributed by atoms with Crippen LogP contribution in [0.3, 0.4) is 0 Å². The quantitative estimate of drug-likeness (QED) is 0.761. The fraction of sp³-hybridized carbons (Fsp3) is 0.500. The Morgan fingerprint density at radius 3 is 2.90 bits per heavy atom. The van der Waals surface area contributed by atoms with Crippen LogP contribution in [0.4, 0.5) is 0 Å². The first-order valence-electron chi connectivity index (χ1n) is 6.71. The third-order valence-electron chi connectivity index (χ3n) is 3.41. The van der Waals surface area contributed by atoms with Crippen molar-refractivity contribution in [2.45, 2.75) is 27.2 Å². The van der Waals surface area contributed by atoms with Crippen molar-refractivity contribution in [3.63, 3.8) is 0 Å². The highest BCUT2D eigenvalue weighted by Crippen LogP contribution is 2.22. The summed E-state index contributed by atoms with van der Waals surface area (Å²) in [4.78, 5) is 30.5. The molecule has 2 aromatic heterocycles. The molecule has 0 unspecified atom stereocenters. The van der Waals surface area contributed by atoms with Gasteiger partial charge in [0.2, 0.25) is 5.71 Å². The van der Waals surface area contributed by atoms with E-state index in [1.54, 1.807) is 6.92 Å². The molecule has 0 bridgehead atoms. The van der Waals surface area contributed by atoms with Crippen molar-refractivity contribution in [2.75, 3.05) is 13.2 Å². The van der Waals surface area contributed by atoms with Crippen LogP contribution < -0.4 is 10.9 Å². The second kappa shape index (κ2) is 5.69. The van der Waals surface area contributed by atoms with Crippen LogP contribution in [0.15, 0.2) is 15.5 Å². The van der Waals surface area contributed by atoms with Crippen molar-refractivity contribution in [1.29, 1.82) is 0 Å². The van der Waals surface area contributed by atoms with Gasteiger partial charge in [-0.1, -0.05) is 13.8 Å². The monoisotopic (exact) mass is 293 g/mol. The van der Waals surface area contributed by atoms with Gasteiger partial charge in [0, 0.05) is 13.2 Å². The molecule has 2 aromatic rings. The van der Waals surface area contributed by atoms with E-state index in [-0.39, 0.29) is 34.6 Å².